The number of carbonyl (C=O) groups is 2. The largest absolute Gasteiger partial charge is 0.355 e. The third-order valence-electron chi connectivity index (χ3n) is 6.49. The number of nitrogens with one attached hydrogen (secondary N) is 1. The van der Waals surface area contributed by atoms with Crippen molar-refractivity contribution in [1.82, 2.24) is 10.2 Å². The van der Waals surface area contributed by atoms with Gasteiger partial charge in [-0.25, -0.2) is 4.39 Å². The number of amides is 2. The average Bonchev–Trinajstić information content (AvgIpc) is 2.86. The number of hydrogen-bond acceptors (Lipinski definition) is 4. The van der Waals surface area contributed by atoms with Crippen molar-refractivity contribution in [2.45, 2.75) is 50.0 Å². The maximum absolute atomic E-state index is 14.2. The molecular weight excluding hydrogens is 449 g/mol. The molecule has 2 aromatic rings. The smallest absolute Gasteiger partial charge is 0.265 e. The number of para-hydroxylation sites is 1. The second-order valence-electron chi connectivity index (χ2n) is 8.79. The molecule has 2 aliphatic heterocycles. The fourth-order valence-electron chi connectivity index (χ4n) is 4.68. The predicted octanol–water partition coefficient (Wildman–Crippen LogP) is 5.08. The average molecular weight is 482 g/mol. The number of halogens is 1. The molecule has 5 nitrogen and oxygen atoms in total. The maximum atomic E-state index is 14.2. The highest BCUT2D eigenvalue weighted by Crippen LogP contribution is 2.42. The van der Waals surface area contributed by atoms with Crippen LogP contribution in [-0.4, -0.2) is 48.9 Å². The van der Waals surface area contributed by atoms with Crippen molar-refractivity contribution in [3.8, 4) is 0 Å². The van der Waals surface area contributed by atoms with E-state index in [9.17, 15) is 14.0 Å². The van der Waals surface area contributed by atoms with Gasteiger partial charge in [0.25, 0.3) is 5.91 Å². The predicted molar refractivity (Wildman–Crippen MR) is 136 cm³/mol. The SMILES string of the molecule is CCC1CCCCN1CCCNC(=O)CN1C(=O)C(=Cc2ccccc2F)Sc2ccccc21. The summed E-state index contributed by atoms with van der Waals surface area (Å²) in [4.78, 5) is 31.3. The number of thioether (sulfide) groups is 1. The monoisotopic (exact) mass is 481 g/mol. The number of rotatable bonds is 8. The molecule has 1 saturated heterocycles. The van der Waals surface area contributed by atoms with Crippen LogP contribution >= 0.6 is 11.8 Å². The number of carbonyl (C=O) groups excluding carboxylic acids is 2. The minimum Gasteiger partial charge on any atom is -0.355 e. The third-order valence-corrected chi connectivity index (χ3v) is 7.57. The first-order valence-corrected chi connectivity index (χ1v) is 12.9. The molecule has 0 bridgehead atoms. The van der Waals surface area contributed by atoms with Gasteiger partial charge in [-0.3, -0.25) is 14.5 Å². The molecule has 180 valence electrons. The van der Waals surface area contributed by atoms with Crippen LogP contribution < -0.4 is 10.2 Å². The summed E-state index contributed by atoms with van der Waals surface area (Å²) in [5, 5.41) is 2.98. The molecule has 4 rings (SSSR count). The lowest BCUT2D eigenvalue weighted by Gasteiger charge is -2.35. The first-order valence-electron chi connectivity index (χ1n) is 12.1. The van der Waals surface area contributed by atoms with E-state index in [0.717, 1.165) is 24.4 Å². The molecule has 0 spiro atoms. The van der Waals surface area contributed by atoms with Crippen molar-refractivity contribution in [2.75, 3.05) is 31.1 Å². The lowest BCUT2D eigenvalue weighted by atomic mass is 10.00. The molecule has 7 heteroatoms. The number of likely N-dealkylation sites (tertiary alicyclic amines) is 1. The molecule has 1 fully saturated rings. The first-order chi connectivity index (χ1) is 16.6. The number of benzene rings is 2. The van der Waals surface area contributed by atoms with Crippen molar-refractivity contribution >= 4 is 35.3 Å². The van der Waals surface area contributed by atoms with Crippen LogP contribution in [0.15, 0.2) is 58.3 Å². The lowest BCUT2D eigenvalue weighted by Crippen LogP contribution is -2.44. The summed E-state index contributed by atoms with van der Waals surface area (Å²) >= 11 is 1.31. The summed E-state index contributed by atoms with van der Waals surface area (Å²) in [7, 11) is 0. The van der Waals surface area contributed by atoms with E-state index in [1.807, 2.05) is 24.3 Å². The van der Waals surface area contributed by atoms with Gasteiger partial charge in [-0.15, -0.1) is 0 Å². The first kappa shape index (κ1) is 24.5. The number of nitrogens with zero attached hydrogens (tertiary/aromatic N) is 2. The third kappa shape index (κ3) is 5.88. The summed E-state index contributed by atoms with van der Waals surface area (Å²) in [5.74, 6) is -0.863. The van der Waals surface area contributed by atoms with Gasteiger partial charge in [-0.1, -0.05) is 55.4 Å². The van der Waals surface area contributed by atoms with Gasteiger partial charge >= 0.3 is 0 Å². The van der Waals surface area contributed by atoms with Gasteiger partial charge in [0.2, 0.25) is 5.91 Å². The molecule has 0 saturated carbocycles. The summed E-state index contributed by atoms with van der Waals surface area (Å²) in [5.41, 5.74) is 1.06. The highest BCUT2D eigenvalue weighted by molar-refractivity contribution is 8.04. The van der Waals surface area contributed by atoms with E-state index in [0.29, 0.717) is 28.7 Å². The molecule has 2 aromatic carbocycles. The van der Waals surface area contributed by atoms with Crippen LogP contribution in [0.1, 0.15) is 44.6 Å². The van der Waals surface area contributed by atoms with E-state index in [1.54, 1.807) is 24.3 Å². The molecule has 0 aliphatic carbocycles. The molecule has 0 radical (unpaired) electrons. The minimum absolute atomic E-state index is 0.0632. The maximum Gasteiger partial charge on any atom is 0.265 e. The van der Waals surface area contributed by atoms with Gasteiger partial charge in [0.05, 0.1) is 10.6 Å². The Morgan fingerprint density at radius 1 is 1.18 bits per heavy atom. The number of fused-ring (bicyclic) bond motifs is 1. The van der Waals surface area contributed by atoms with Crippen LogP contribution in [0.2, 0.25) is 0 Å². The van der Waals surface area contributed by atoms with E-state index in [1.165, 1.54) is 48.4 Å². The van der Waals surface area contributed by atoms with Crippen LogP contribution in [-0.2, 0) is 9.59 Å². The normalized spacial score (nSPS) is 19.8. The van der Waals surface area contributed by atoms with Gasteiger partial charge in [-0.05, 0) is 56.5 Å². The Kier molecular flexibility index (Phi) is 8.40. The zero-order valence-electron chi connectivity index (χ0n) is 19.6. The van der Waals surface area contributed by atoms with Gasteiger partial charge in [-0.2, -0.15) is 0 Å². The van der Waals surface area contributed by atoms with Crippen molar-refractivity contribution in [3.63, 3.8) is 0 Å². The standard InChI is InChI=1S/C27H32FN3O2S/c1-2-21-11-7-8-16-30(21)17-9-15-29-26(32)19-31-23-13-5-6-14-24(23)34-25(27(31)33)18-20-10-3-4-12-22(20)28/h3-6,10,12-14,18,21H,2,7-9,11,15-17,19H2,1H3,(H,29,32). The summed E-state index contributed by atoms with van der Waals surface area (Å²) in [6, 6.07) is 14.5. The minimum atomic E-state index is -0.384. The van der Waals surface area contributed by atoms with Gasteiger partial charge in [0, 0.05) is 29.6 Å². The number of anilines is 1. The van der Waals surface area contributed by atoms with Gasteiger partial charge in [0.15, 0.2) is 0 Å². The van der Waals surface area contributed by atoms with Crippen LogP contribution in [0.4, 0.5) is 10.1 Å². The highest BCUT2D eigenvalue weighted by Gasteiger charge is 2.30. The van der Waals surface area contributed by atoms with Crippen molar-refractivity contribution < 1.29 is 14.0 Å². The van der Waals surface area contributed by atoms with E-state index in [2.05, 4.69) is 17.1 Å². The molecule has 2 amide bonds. The molecule has 0 aromatic heterocycles. The van der Waals surface area contributed by atoms with Crippen LogP contribution in [0.25, 0.3) is 6.08 Å². The van der Waals surface area contributed by atoms with E-state index < -0.39 is 0 Å². The molecule has 34 heavy (non-hydrogen) atoms. The van der Waals surface area contributed by atoms with Gasteiger partial charge < -0.3 is 10.2 Å². The molecule has 1 N–H and O–H groups in total. The Bertz CT molecular complexity index is 1060. The fraction of sp³-hybridized carbons (Fsp3) is 0.407. The second kappa shape index (κ2) is 11.7. The number of piperidine rings is 1. The Hall–Kier alpha value is -2.64. The molecule has 1 atom stereocenters. The molecule has 2 heterocycles. The van der Waals surface area contributed by atoms with Crippen molar-refractivity contribution in [2.24, 2.45) is 0 Å². The Labute approximate surface area is 205 Å². The van der Waals surface area contributed by atoms with Gasteiger partial charge in [0.1, 0.15) is 12.4 Å². The quantitative estimate of drug-likeness (QED) is 0.422. The van der Waals surface area contributed by atoms with Crippen LogP contribution in [0, 0.1) is 5.82 Å². The van der Waals surface area contributed by atoms with Crippen LogP contribution in [0.5, 0.6) is 0 Å². The van der Waals surface area contributed by atoms with Crippen LogP contribution in [0.3, 0.4) is 0 Å². The van der Waals surface area contributed by atoms with E-state index >= 15 is 0 Å². The molecule has 2 aliphatic rings. The Balaban J connectivity index is 1.39. The van der Waals surface area contributed by atoms with Crippen molar-refractivity contribution in [1.29, 1.82) is 0 Å². The number of hydrogen-bond donors (Lipinski definition) is 1. The molecule has 1 unspecified atom stereocenters. The van der Waals surface area contributed by atoms with E-state index in [4.69, 9.17) is 0 Å². The zero-order valence-corrected chi connectivity index (χ0v) is 20.5. The Morgan fingerprint density at radius 2 is 1.97 bits per heavy atom. The fourth-order valence-corrected chi connectivity index (χ4v) is 5.73. The zero-order chi connectivity index (χ0) is 23.9. The highest BCUT2D eigenvalue weighted by atomic mass is 32.2. The summed E-state index contributed by atoms with van der Waals surface area (Å²) in [6.45, 7) is 4.89. The summed E-state index contributed by atoms with van der Waals surface area (Å²) < 4.78 is 14.2. The van der Waals surface area contributed by atoms with Crippen molar-refractivity contribution in [3.05, 3.63) is 64.8 Å². The Morgan fingerprint density at radius 3 is 2.79 bits per heavy atom. The topological polar surface area (TPSA) is 52.7 Å². The van der Waals surface area contributed by atoms with E-state index in [-0.39, 0.29) is 24.2 Å². The second-order valence-corrected chi connectivity index (χ2v) is 9.87. The lowest BCUT2D eigenvalue weighted by molar-refractivity contribution is -0.122. The summed E-state index contributed by atoms with van der Waals surface area (Å²) in [6.07, 6.45) is 7.44. The molecular formula is C27H32FN3O2S.